The van der Waals surface area contributed by atoms with E-state index >= 15 is 0 Å². The molecule has 1 N–H and O–H groups in total. The minimum Gasteiger partial charge on any atom is -0.396 e. The van der Waals surface area contributed by atoms with Gasteiger partial charge < -0.3 is 5.11 Å². The first kappa shape index (κ1) is 14.1. The molecule has 0 aliphatic heterocycles. The van der Waals surface area contributed by atoms with Crippen LogP contribution in [-0.2, 0) is 0 Å². The SMILES string of the molecule is C=C1C=C2[C@@H](CCO)C[C@@H]3CCC[C@]2([C@H]3C)[C@H]2[C@@H]1C2(C)C. The van der Waals surface area contributed by atoms with E-state index in [0.29, 0.717) is 23.4 Å². The van der Waals surface area contributed by atoms with Gasteiger partial charge >= 0.3 is 0 Å². The van der Waals surface area contributed by atoms with E-state index < -0.39 is 0 Å². The minimum atomic E-state index is 0.336. The summed E-state index contributed by atoms with van der Waals surface area (Å²) in [6.07, 6.45) is 8.95. The molecule has 3 saturated carbocycles. The van der Waals surface area contributed by atoms with E-state index in [1.54, 1.807) is 5.57 Å². The zero-order valence-corrected chi connectivity index (χ0v) is 13.9. The van der Waals surface area contributed by atoms with Crippen molar-refractivity contribution in [1.82, 2.24) is 0 Å². The number of fused-ring (bicyclic) bond motifs is 2. The zero-order chi connectivity index (χ0) is 15.0. The first-order chi connectivity index (χ1) is 9.94. The predicted octanol–water partition coefficient (Wildman–Crippen LogP) is 4.58. The average molecular weight is 286 g/mol. The fourth-order valence-corrected chi connectivity index (χ4v) is 7.04. The van der Waals surface area contributed by atoms with Gasteiger partial charge in [0.15, 0.2) is 0 Å². The fraction of sp³-hybridized carbons (Fsp3) is 0.800. The molecule has 0 amide bonds. The summed E-state index contributed by atoms with van der Waals surface area (Å²) in [5.74, 6) is 3.86. The van der Waals surface area contributed by atoms with Gasteiger partial charge in [-0.25, -0.2) is 0 Å². The van der Waals surface area contributed by atoms with Crippen molar-refractivity contribution in [3.8, 4) is 0 Å². The van der Waals surface area contributed by atoms with E-state index in [1.165, 1.54) is 31.3 Å². The van der Waals surface area contributed by atoms with Crippen LogP contribution in [0.1, 0.15) is 52.9 Å². The van der Waals surface area contributed by atoms with Crippen LogP contribution in [0.3, 0.4) is 0 Å². The lowest BCUT2D eigenvalue weighted by Gasteiger charge is -2.57. The molecule has 0 aromatic heterocycles. The van der Waals surface area contributed by atoms with Crippen molar-refractivity contribution >= 4 is 0 Å². The molecular weight excluding hydrogens is 256 g/mol. The Morgan fingerprint density at radius 1 is 1.38 bits per heavy atom. The first-order valence-electron chi connectivity index (χ1n) is 8.96. The molecule has 3 fully saturated rings. The molecule has 0 unspecified atom stereocenters. The van der Waals surface area contributed by atoms with Gasteiger partial charge in [-0.05, 0) is 59.7 Å². The Bertz CT molecular complexity index is 514. The predicted molar refractivity (Wildman–Crippen MR) is 86.7 cm³/mol. The van der Waals surface area contributed by atoms with Crippen molar-refractivity contribution in [2.75, 3.05) is 6.61 Å². The van der Waals surface area contributed by atoms with Gasteiger partial charge in [-0.15, -0.1) is 0 Å². The fourth-order valence-electron chi connectivity index (χ4n) is 7.04. The second-order valence-electron chi connectivity index (χ2n) is 8.88. The maximum atomic E-state index is 9.53. The van der Waals surface area contributed by atoms with Crippen LogP contribution in [-0.4, -0.2) is 11.7 Å². The summed E-state index contributed by atoms with van der Waals surface area (Å²) in [4.78, 5) is 0. The Kier molecular flexibility index (Phi) is 2.85. The molecule has 4 aliphatic rings. The molecule has 4 rings (SSSR count). The molecular formula is C20H30O. The van der Waals surface area contributed by atoms with Crippen LogP contribution in [0.4, 0.5) is 0 Å². The first-order valence-corrected chi connectivity index (χ1v) is 8.96. The summed E-state index contributed by atoms with van der Waals surface area (Å²) >= 11 is 0. The number of aliphatic hydroxyl groups excluding tert-OH is 1. The smallest absolute Gasteiger partial charge is 0.0436 e. The lowest BCUT2D eigenvalue weighted by atomic mass is 9.47. The molecule has 21 heavy (non-hydrogen) atoms. The molecule has 6 atom stereocenters. The molecule has 0 radical (unpaired) electrons. The molecule has 0 heterocycles. The van der Waals surface area contributed by atoms with E-state index in [4.69, 9.17) is 0 Å². The number of hydrogen-bond acceptors (Lipinski definition) is 1. The van der Waals surface area contributed by atoms with Gasteiger partial charge in [-0.2, -0.15) is 0 Å². The van der Waals surface area contributed by atoms with Crippen LogP contribution in [0.25, 0.3) is 0 Å². The van der Waals surface area contributed by atoms with Gasteiger partial charge in [0.05, 0.1) is 0 Å². The molecule has 1 heteroatoms. The van der Waals surface area contributed by atoms with Gasteiger partial charge in [-0.1, -0.05) is 57.4 Å². The van der Waals surface area contributed by atoms with E-state index in [9.17, 15) is 5.11 Å². The van der Waals surface area contributed by atoms with Crippen molar-refractivity contribution in [3.63, 3.8) is 0 Å². The van der Waals surface area contributed by atoms with Gasteiger partial charge in [-0.3, -0.25) is 0 Å². The average Bonchev–Trinajstić information content (AvgIpc) is 3.00. The van der Waals surface area contributed by atoms with E-state index in [2.05, 4.69) is 33.4 Å². The van der Waals surface area contributed by atoms with Crippen LogP contribution >= 0.6 is 0 Å². The highest BCUT2D eigenvalue weighted by molar-refractivity contribution is 5.46. The zero-order valence-electron chi connectivity index (χ0n) is 13.9. The third kappa shape index (κ3) is 1.57. The summed E-state index contributed by atoms with van der Waals surface area (Å²) in [6.45, 7) is 12.2. The topological polar surface area (TPSA) is 20.2 Å². The Morgan fingerprint density at radius 3 is 2.86 bits per heavy atom. The standard InChI is InChI=1S/C20H30O/c1-12-10-16-15(7-9-21)11-14-6-5-8-20(16,13(14)2)18-17(12)19(18,3)4/h10,13-15,17-18,21H,1,5-9,11H2,2-4H3/t13-,14-,15-,17+,18-,20+/m0/s1. The van der Waals surface area contributed by atoms with Crippen LogP contribution in [0.2, 0.25) is 0 Å². The Balaban J connectivity index is 1.84. The number of rotatable bonds is 2. The second-order valence-corrected chi connectivity index (χ2v) is 8.88. The van der Waals surface area contributed by atoms with Crippen molar-refractivity contribution < 1.29 is 5.11 Å². The summed E-state index contributed by atoms with van der Waals surface area (Å²) in [5.41, 5.74) is 3.95. The molecule has 4 aliphatic carbocycles. The third-order valence-electron chi connectivity index (χ3n) is 7.85. The van der Waals surface area contributed by atoms with E-state index in [-0.39, 0.29) is 0 Å². The highest BCUT2D eigenvalue weighted by atomic mass is 16.3. The van der Waals surface area contributed by atoms with Gasteiger partial charge in [0.25, 0.3) is 0 Å². The third-order valence-corrected chi connectivity index (χ3v) is 7.85. The number of hydrogen-bond donors (Lipinski definition) is 1. The normalized spacial score (nSPS) is 50.0. The highest BCUT2D eigenvalue weighted by Gasteiger charge is 2.72. The lowest BCUT2D eigenvalue weighted by molar-refractivity contribution is -0.00465. The Hall–Kier alpha value is -0.560. The largest absolute Gasteiger partial charge is 0.396 e. The minimum absolute atomic E-state index is 0.336. The second kappa shape index (κ2) is 4.25. The van der Waals surface area contributed by atoms with E-state index in [0.717, 1.165) is 30.1 Å². The monoisotopic (exact) mass is 286 g/mol. The van der Waals surface area contributed by atoms with Crippen LogP contribution in [0.15, 0.2) is 23.8 Å². The van der Waals surface area contributed by atoms with Crippen molar-refractivity contribution in [3.05, 3.63) is 23.8 Å². The summed E-state index contributed by atoms with van der Waals surface area (Å²) in [6, 6.07) is 0. The molecule has 116 valence electrons. The maximum absolute atomic E-state index is 9.53. The molecule has 2 bridgehead atoms. The van der Waals surface area contributed by atoms with Gasteiger partial charge in [0.2, 0.25) is 0 Å². The molecule has 1 nitrogen and oxygen atoms in total. The highest BCUT2D eigenvalue weighted by Crippen LogP contribution is 2.79. The lowest BCUT2D eigenvalue weighted by Crippen LogP contribution is -2.49. The van der Waals surface area contributed by atoms with Gasteiger partial charge in [0, 0.05) is 6.61 Å². The summed E-state index contributed by atoms with van der Waals surface area (Å²) in [5, 5.41) is 9.53. The molecule has 0 aromatic rings. The van der Waals surface area contributed by atoms with Crippen LogP contribution < -0.4 is 0 Å². The quantitative estimate of drug-likeness (QED) is 0.788. The van der Waals surface area contributed by atoms with Crippen LogP contribution in [0, 0.1) is 40.4 Å². The van der Waals surface area contributed by atoms with E-state index in [1.807, 2.05) is 0 Å². The van der Waals surface area contributed by atoms with Crippen molar-refractivity contribution in [2.24, 2.45) is 40.4 Å². The molecule has 1 spiro atoms. The number of aliphatic hydroxyl groups is 1. The number of allylic oxidation sites excluding steroid dienone is 3. The molecule has 0 saturated heterocycles. The van der Waals surface area contributed by atoms with Crippen molar-refractivity contribution in [2.45, 2.75) is 52.9 Å². The summed E-state index contributed by atoms with van der Waals surface area (Å²) < 4.78 is 0. The van der Waals surface area contributed by atoms with Gasteiger partial charge in [0.1, 0.15) is 0 Å². The molecule has 0 aromatic carbocycles. The maximum Gasteiger partial charge on any atom is 0.0436 e. The van der Waals surface area contributed by atoms with Crippen molar-refractivity contribution in [1.29, 1.82) is 0 Å². The summed E-state index contributed by atoms with van der Waals surface area (Å²) in [7, 11) is 0. The Morgan fingerprint density at radius 2 is 2.14 bits per heavy atom. The Labute approximate surface area is 129 Å². The van der Waals surface area contributed by atoms with Crippen LogP contribution in [0.5, 0.6) is 0 Å².